The van der Waals surface area contributed by atoms with Crippen molar-refractivity contribution in [1.82, 2.24) is 5.32 Å². The first-order chi connectivity index (χ1) is 12.0. The Morgan fingerprint density at radius 1 is 1.08 bits per heavy atom. The van der Waals surface area contributed by atoms with Gasteiger partial charge in [-0.1, -0.05) is 47.5 Å². The summed E-state index contributed by atoms with van der Waals surface area (Å²) in [5.41, 5.74) is 0.721. The Hall–Kier alpha value is -2.24. The second-order valence-electron chi connectivity index (χ2n) is 5.22. The van der Waals surface area contributed by atoms with Gasteiger partial charge in [0.25, 0.3) is 5.91 Å². The summed E-state index contributed by atoms with van der Waals surface area (Å²) in [5.74, 6) is -0.516. The Kier molecular flexibility index (Phi) is 7.10. The molecule has 7 heteroatoms. The normalized spacial score (nSPS) is 11.5. The zero-order valence-corrected chi connectivity index (χ0v) is 15.0. The SMILES string of the molecule is C[C@@H](NC(=O)COC(=O)COc1ccccc1)c1ccc(Cl)cc1Cl. The number of hydrogen-bond donors (Lipinski definition) is 1. The van der Waals surface area contributed by atoms with E-state index < -0.39 is 18.5 Å². The van der Waals surface area contributed by atoms with Crippen LogP contribution in [0.1, 0.15) is 18.5 Å². The Morgan fingerprint density at radius 2 is 1.80 bits per heavy atom. The highest BCUT2D eigenvalue weighted by Crippen LogP contribution is 2.25. The molecule has 0 aliphatic heterocycles. The van der Waals surface area contributed by atoms with E-state index in [4.69, 9.17) is 32.7 Å². The lowest BCUT2D eigenvalue weighted by molar-refractivity contribution is -0.150. The number of carbonyl (C=O) groups is 2. The molecule has 1 amide bonds. The minimum absolute atomic E-state index is 0.268. The van der Waals surface area contributed by atoms with Gasteiger partial charge in [0, 0.05) is 10.0 Å². The van der Waals surface area contributed by atoms with Crippen LogP contribution in [-0.4, -0.2) is 25.1 Å². The van der Waals surface area contributed by atoms with Crippen molar-refractivity contribution in [2.45, 2.75) is 13.0 Å². The fraction of sp³-hybridized carbons (Fsp3) is 0.222. The number of para-hydroxylation sites is 1. The number of esters is 1. The molecule has 1 atom stereocenters. The summed E-state index contributed by atoms with van der Waals surface area (Å²) >= 11 is 11.9. The number of benzene rings is 2. The molecule has 2 aromatic carbocycles. The van der Waals surface area contributed by atoms with E-state index in [9.17, 15) is 9.59 Å². The van der Waals surface area contributed by atoms with Crippen LogP contribution in [0, 0.1) is 0 Å². The largest absolute Gasteiger partial charge is 0.482 e. The molecule has 2 aromatic rings. The van der Waals surface area contributed by atoms with E-state index in [-0.39, 0.29) is 12.6 Å². The number of carbonyl (C=O) groups excluding carboxylic acids is 2. The smallest absolute Gasteiger partial charge is 0.344 e. The molecule has 0 aliphatic carbocycles. The van der Waals surface area contributed by atoms with E-state index in [0.29, 0.717) is 15.8 Å². The summed E-state index contributed by atoms with van der Waals surface area (Å²) in [6, 6.07) is 13.5. The number of amides is 1. The van der Waals surface area contributed by atoms with Crippen LogP contribution in [0.15, 0.2) is 48.5 Å². The first-order valence-electron chi connectivity index (χ1n) is 7.53. The molecule has 2 rings (SSSR count). The van der Waals surface area contributed by atoms with Gasteiger partial charge in [0.15, 0.2) is 13.2 Å². The standard InChI is InChI=1S/C18H17Cl2NO4/c1-12(15-8-7-13(19)9-16(15)20)21-17(22)10-25-18(23)11-24-14-5-3-2-4-6-14/h2-9,12H,10-11H2,1H3,(H,21,22)/t12-/m1/s1. The average Bonchev–Trinajstić information content (AvgIpc) is 2.59. The van der Waals surface area contributed by atoms with Crippen molar-refractivity contribution in [2.24, 2.45) is 0 Å². The summed E-state index contributed by atoms with van der Waals surface area (Å²) < 4.78 is 10.1. The van der Waals surface area contributed by atoms with Crippen LogP contribution in [0.25, 0.3) is 0 Å². The van der Waals surface area contributed by atoms with Gasteiger partial charge < -0.3 is 14.8 Å². The highest BCUT2D eigenvalue weighted by Gasteiger charge is 2.14. The molecule has 25 heavy (non-hydrogen) atoms. The molecule has 1 N–H and O–H groups in total. The van der Waals surface area contributed by atoms with Gasteiger partial charge in [-0.3, -0.25) is 4.79 Å². The summed E-state index contributed by atoms with van der Waals surface area (Å²) in [7, 11) is 0. The third kappa shape index (κ3) is 6.29. The summed E-state index contributed by atoms with van der Waals surface area (Å²) in [6.45, 7) is 1.11. The number of halogens is 2. The van der Waals surface area contributed by atoms with Crippen LogP contribution < -0.4 is 10.1 Å². The fourth-order valence-corrected chi connectivity index (χ4v) is 2.63. The van der Waals surface area contributed by atoms with Gasteiger partial charge in [-0.15, -0.1) is 0 Å². The van der Waals surface area contributed by atoms with Crippen LogP contribution >= 0.6 is 23.2 Å². The minimum Gasteiger partial charge on any atom is -0.482 e. The molecule has 0 aliphatic rings. The number of ether oxygens (including phenoxy) is 2. The van der Waals surface area contributed by atoms with Crippen molar-refractivity contribution >= 4 is 35.1 Å². The molecule has 0 radical (unpaired) electrons. The van der Waals surface area contributed by atoms with Crippen molar-refractivity contribution in [2.75, 3.05) is 13.2 Å². The number of hydrogen-bond acceptors (Lipinski definition) is 4. The van der Waals surface area contributed by atoms with Crippen LogP contribution in [0.4, 0.5) is 0 Å². The maximum atomic E-state index is 11.9. The molecule has 0 aromatic heterocycles. The Balaban J connectivity index is 1.75. The zero-order valence-electron chi connectivity index (χ0n) is 13.5. The van der Waals surface area contributed by atoms with Crippen LogP contribution in [0.3, 0.4) is 0 Å². The van der Waals surface area contributed by atoms with Crippen molar-refractivity contribution in [1.29, 1.82) is 0 Å². The molecule has 5 nitrogen and oxygen atoms in total. The van der Waals surface area contributed by atoms with Crippen LogP contribution in [-0.2, 0) is 14.3 Å². The molecule has 0 saturated heterocycles. The lowest BCUT2D eigenvalue weighted by Crippen LogP contribution is -2.32. The third-order valence-electron chi connectivity index (χ3n) is 3.27. The van der Waals surface area contributed by atoms with Crippen molar-refractivity contribution in [3.05, 3.63) is 64.1 Å². The van der Waals surface area contributed by atoms with Gasteiger partial charge in [-0.05, 0) is 36.8 Å². The van der Waals surface area contributed by atoms with E-state index in [1.54, 1.807) is 49.4 Å². The quantitative estimate of drug-likeness (QED) is 0.740. The molecule has 0 bridgehead atoms. The number of nitrogens with one attached hydrogen (secondary N) is 1. The Morgan fingerprint density at radius 3 is 2.48 bits per heavy atom. The molecule has 0 fully saturated rings. The highest BCUT2D eigenvalue weighted by molar-refractivity contribution is 6.35. The molecular formula is C18H17Cl2NO4. The van der Waals surface area contributed by atoms with Gasteiger partial charge in [-0.25, -0.2) is 4.79 Å². The summed E-state index contributed by atoms with van der Waals surface area (Å²) in [6.07, 6.45) is 0. The summed E-state index contributed by atoms with van der Waals surface area (Å²) in [5, 5.41) is 3.67. The van der Waals surface area contributed by atoms with Gasteiger partial charge in [-0.2, -0.15) is 0 Å². The monoisotopic (exact) mass is 381 g/mol. The van der Waals surface area contributed by atoms with E-state index in [1.807, 2.05) is 6.07 Å². The fourth-order valence-electron chi connectivity index (χ4n) is 2.06. The topological polar surface area (TPSA) is 64.6 Å². The van der Waals surface area contributed by atoms with Crippen molar-refractivity contribution in [3.63, 3.8) is 0 Å². The first-order valence-corrected chi connectivity index (χ1v) is 8.29. The first kappa shape index (κ1) is 19.1. The highest BCUT2D eigenvalue weighted by atomic mass is 35.5. The Labute approximate surface area is 155 Å². The van der Waals surface area contributed by atoms with Crippen LogP contribution in [0.2, 0.25) is 10.0 Å². The van der Waals surface area contributed by atoms with Crippen molar-refractivity contribution in [3.8, 4) is 5.75 Å². The molecular weight excluding hydrogens is 365 g/mol. The van der Waals surface area contributed by atoms with E-state index in [0.717, 1.165) is 5.56 Å². The maximum Gasteiger partial charge on any atom is 0.344 e. The lowest BCUT2D eigenvalue weighted by atomic mass is 10.1. The lowest BCUT2D eigenvalue weighted by Gasteiger charge is -2.16. The second kappa shape index (κ2) is 9.30. The Bertz CT molecular complexity index is 737. The molecule has 132 valence electrons. The minimum atomic E-state index is -0.629. The molecule has 0 unspecified atom stereocenters. The van der Waals surface area contributed by atoms with Crippen molar-refractivity contribution < 1.29 is 19.1 Å². The van der Waals surface area contributed by atoms with Crippen LogP contribution in [0.5, 0.6) is 5.75 Å². The van der Waals surface area contributed by atoms with E-state index in [1.165, 1.54) is 0 Å². The predicted octanol–water partition coefficient (Wildman–Crippen LogP) is 3.79. The summed E-state index contributed by atoms with van der Waals surface area (Å²) in [4.78, 5) is 23.5. The van der Waals surface area contributed by atoms with Gasteiger partial charge >= 0.3 is 5.97 Å². The second-order valence-corrected chi connectivity index (χ2v) is 6.06. The zero-order chi connectivity index (χ0) is 18.2. The third-order valence-corrected chi connectivity index (χ3v) is 3.83. The van der Waals surface area contributed by atoms with Gasteiger partial charge in [0.05, 0.1) is 6.04 Å². The maximum absolute atomic E-state index is 11.9. The molecule has 0 spiro atoms. The average molecular weight is 382 g/mol. The molecule has 0 heterocycles. The molecule has 0 saturated carbocycles. The van der Waals surface area contributed by atoms with E-state index in [2.05, 4.69) is 5.32 Å². The van der Waals surface area contributed by atoms with Gasteiger partial charge in [0.2, 0.25) is 0 Å². The number of rotatable bonds is 7. The van der Waals surface area contributed by atoms with Gasteiger partial charge in [0.1, 0.15) is 5.75 Å². The van der Waals surface area contributed by atoms with E-state index >= 15 is 0 Å². The predicted molar refractivity (Wildman–Crippen MR) is 95.9 cm³/mol.